The Balaban J connectivity index is 1.94. The van der Waals surface area contributed by atoms with Gasteiger partial charge in [0.1, 0.15) is 11.9 Å². The second kappa shape index (κ2) is 5.25. The van der Waals surface area contributed by atoms with Crippen LogP contribution in [0.5, 0.6) is 0 Å². The van der Waals surface area contributed by atoms with Gasteiger partial charge < -0.3 is 10.6 Å². The van der Waals surface area contributed by atoms with Gasteiger partial charge in [0.2, 0.25) is 0 Å². The lowest BCUT2D eigenvalue weighted by Gasteiger charge is -2.24. The number of benzene rings is 1. The Hall–Kier alpha value is -2.12. The Bertz CT molecular complexity index is 624. The smallest absolute Gasteiger partial charge is 0.144 e. The molecule has 3 rings (SSSR count). The zero-order valence-electron chi connectivity index (χ0n) is 10.7. The van der Waals surface area contributed by atoms with Crippen molar-refractivity contribution in [1.29, 1.82) is 5.26 Å². The Morgan fingerprint density at radius 3 is 3.05 bits per heavy atom. The van der Waals surface area contributed by atoms with Crippen LogP contribution in [0.2, 0.25) is 0 Å². The average Bonchev–Trinajstić information content (AvgIpc) is 2.47. The van der Waals surface area contributed by atoms with Crippen molar-refractivity contribution in [3.8, 4) is 6.07 Å². The molecule has 0 bridgehead atoms. The Morgan fingerprint density at radius 2 is 2.26 bits per heavy atom. The molecule has 1 aliphatic heterocycles. The monoisotopic (exact) mass is 252 g/mol. The fourth-order valence-electron chi connectivity index (χ4n) is 2.48. The number of para-hydroxylation sites is 1. The minimum Gasteiger partial charge on any atom is -0.365 e. The van der Waals surface area contributed by atoms with Crippen LogP contribution < -0.4 is 10.6 Å². The molecule has 4 nitrogen and oxygen atoms in total. The van der Waals surface area contributed by atoms with E-state index in [1.807, 2.05) is 30.3 Å². The molecule has 0 radical (unpaired) electrons. The lowest BCUT2D eigenvalue weighted by Crippen LogP contribution is -2.38. The van der Waals surface area contributed by atoms with E-state index >= 15 is 0 Å². The molecule has 96 valence electrons. The minimum atomic E-state index is 0.356. The van der Waals surface area contributed by atoms with Gasteiger partial charge in [0.25, 0.3) is 0 Å². The van der Waals surface area contributed by atoms with Crippen molar-refractivity contribution in [3.63, 3.8) is 0 Å². The molecule has 0 aliphatic carbocycles. The number of nitrogens with one attached hydrogen (secondary N) is 2. The first kappa shape index (κ1) is 11.9. The molecule has 1 unspecified atom stereocenters. The second-order valence-electron chi connectivity index (χ2n) is 4.88. The predicted octanol–water partition coefficient (Wildman–Crippen LogP) is 2.27. The standard InChI is InChI=1S/C15H16N4/c16-9-12-8-11-4-1-2-6-14(11)19-15(12)18-13-5-3-7-17-10-13/h1-2,4,6,8,13,17H,3,5,7,10H2,(H,18,19). The highest BCUT2D eigenvalue weighted by atomic mass is 15.1. The number of fused-ring (bicyclic) bond motifs is 1. The number of hydrogen-bond donors (Lipinski definition) is 2. The molecule has 0 amide bonds. The van der Waals surface area contributed by atoms with Crippen molar-refractivity contribution in [2.45, 2.75) is 18.9 Å². The van der Waals surface area contributed by atoms with Crippen molar-refractivity contribution in [2.24, 2.45) is 0 Å². The van der Waals surface area contributed by atoms with E-state index in [-0.39, 0.29) is 0 Å². The van der Waals surface area contributed by atoms with Crippen LogP contribution in [0, 0.1) is 11.3 Å². The van der Waals surface area contributed by atoms with Crippen LogP contribution in [0.1, 0.15) is 18.4 Å². The molecular weight excluding hydrogens is 236 g/mol. The summed E-state index contributed by atoms with van der Waals surface area (Å²) >= 11 is 0. The number of anilines is 1. The van der Waals surface area contributed by atoms with E-state index in [4.69, 9.17) is 0 Å². The molecule has 2 N–H and O–H groups in total. The van der Waals surface area contributed by atoms with Gasteiger partial charge in [-0.25, -0.2) is 4.98 Å². The summed E-state index contributed by atoms with van der Waals surface area (Å²) in [6, 6.07) is 12.4. The van der Waals surface area contributed by atoms with E-state index in [1.165, 1.54) is 0 Å². The van der Waals surface area contributed by atoms with Gasteiger partial charge in [-0.1, -0.05) is 18.2 Å². The molecule has 0 saturated carbocycles. The maximum atomic E-state index is 9.26. The fourth-order valence-corrected chi connectivity index (χ4v) is 2.48. The zero-order chi connectivity index (χ0) is 13.1. The quantitative estimate of drug-likeness (QED) is 0.860. The number of hydrogen-bond acceptors (Lipinski definition) is 4. The highest BCUT2D eigenvalue weighted by molar-refractivity contribution is 5.82. The molecule has 1 aliphatic rings. The van der Waals surface area contributed by atoms with E-state index in [9.17, 15) is 5.26 Å². The average molecular weight is 252 g/mol. The number of nitriles is 1. The minimum absolute atomic E-state index is 0.356. The van der Waals surface area contributed by atoms with Crippen molar-refractivity contribution in [2.75, 3.05) is 18.4 Å². The molecule has 1 fully saturated rings. The fraction of sp³-hybridized carbons (Fsp3) is 0.333. The summed E-state index contributed by atoms with van der Waals surface area (Å²) in [7, 11) is 0. The summed E-state index contributed by atoms with van der Waals surface area (Å²) < 4.78 is 0. The van der Waals surface area contributed by atoms with Crippen LogP contribution in [-0.4, -0.2) is 24.1 Å². The van der Waals surface area contributed by atoms with Crippen LogP contribution in [-0.2, 0) is 0 Å². The molecule has 19 heavy (non-hydrogen) atoms. The van der Waals surface area contributed by atoms with E-state index in [1.54, 1.807) is 0 Å². The molecule has 4 heteroatoms. The largest absolute Gasteiger partial charge is 0.365 e. The highest BCUT2D eigenvalue weighted by Gasteiger charge is 2.15. The molecule has 1 saturated heterocycles. The maximum absolute atomic E-state index is 9.26. The lowest BCUT2D eigenvalue weighted by atomic mass is 10.1. The van der Waals surface area contributed by atoms with Gasteiger partial charge >= 0.3 is 0 Å². The number of pyridine rings is 1. The molecule has 1 aromatic carbocycles. The molecular formula is C15H16N4. The van der Waals surface area contributed by atoms with Crippen LogP contribution >= 0.6 is 0 Å². The third-order valence-corrected chi connectivity index (χ3v) is 3.48. The zero-order valence-corrected chi connectivity index (χ0v) is 10.7. The lowest BCUT2D eigenvalue weighted by molar-refractivity contribution is 0.479. The summed E-state index contributed by atoms with van der Waals surface area (Å²) in [5.41, 5.74) is 1.54. The summed E-state index contributed by atoms with van der Waals surface area (Å²) in [5.74, 6) is 0.704. The highest BCUT2D eigenvalue weighted by Crippen LogP contribution is 2.21. The van der Waals surface area contributed by atoms with E-state index in [0.29, 0.717) is 17.4 Å². The van der Waals surface area contributed by atoms with Gasteiger partial charge in [-0.05, 0) is 31.5 Å². The van der Waals surface area contributed by atoms with Gasteiger partial charge in [-0.3, -0.25) is 0 Å². The third kappa shape index (κ3) is 2.51. The normalized spacial score (nSPS) is 19.0. The molecule has 1 aromatic heterocycles. The van der Waals surface area contributed by atoms with Crippen LogP contribution in [0.25, 0.3) is 10.9 Å². The number of piperidine rings is 1. The van der Waals surface area contributed by atoms with Gasteiger partial charge in [0.15, 0.2) is 0 Å². The van der Waals surface area contributed by atoms with Crippen molar-refractivity contribution in [3.05, 3.63) is 35.9 Å². The first-order valence-corrected chi connectivity index (χ1v) is 6.64. The van der Waals surface area contributed by atoms with E-state index < -0.39 is 0 Å². The summed E-state index contributed by atoms with van der Waals surface area (Å²) in [6.45, 7) is 2.01. The van der Waals surface area contributed by atoms with Crippen molar-refractivity contribution < 1.29 is 0 Å². The summed E-state index contributed by atoms with van der Waals surface area (Å²) in [4.78, 5) is 4.58. The van der Waals surface area contributed by atoms with Gasteiger partial charge in [-0.2, -0.15) is 5.26 Å². The first-order chi connectivity index (χ1) is 9.36. The van der Waals surface area contributed by atoms with E-state index in [2.05, 4.69) is 21.7 Å². The summed E-state index contributed by atoms with van der Waals surface area (Å²) in [6.07, 6.45) is 2.28. The topological polar surface area (TPSA) is 60.7 Å². The van der Waals surface area contributed by atoms with Gasteiger partial charge in [0.05, 0.1) is 11.1 Å². The third-order valence-electron chi connectivity index (χ3n) is 3.48. The van der Waals surface area contributed by atoms with Crippen LogP contribution in [0.4, 0.5) is 5.82 Å². The van der Waals surface area contributed by atoms with Crippen LogP contribution in [0.15, 0.2) is 30.3 Å². The SMILES string of the molecule is N#Cc1cc2ccccc2nc1NC1CCCNC1. The summed E-state index contributed by atoms with van der Waals surface area (Å²) in [5, 5.41) is 17.0. The van der Waals surface area contributed by atoms with Crippen molar-refractivity contribution >= 4 is 16.7 Å². The van der Waals surface area contributed by atoms with Crippen LogP contribution in [0.3, 0.4) is 0 Å². The van der Waals surface area contributed by atoms with Gasteiger partial charge in [0, 0.05) is 18.0 Å². The number of rotatable bonds is 2. The second-order valence-corrected chi connectivity index (χ2v) is 4.88. The maximum Gasteiger partial charge on any atom is 0.144 e. The Kier molecular flexibility index (Phi) is 3.30. The molecule has 1 atom stereocenters. The molecule has 2 heterocycles. The number of aromatic nitrogens is 1. The Morgan fingerprint density at radius 1 is 1.37 bits per heavy atom. The number of nitrogens with zero attached hydrogens (tertiary/aromatic N) is 2. The predicted molar refractivity (Wildman–Crippen MR) is 76.0 cm³/mol. The molecule has 0 spiro atoms. The molecule has 2 aromatic rings. The van der Waals surface area contributed by atoms with Crippen molar-refractivity contribution in [1.82, 2.24) is 10.3 Å². The van der Waals surface area contributed by atoms with Gasteiger partial charge in [-0.15, -0.1) is 0 Å². The first-order valence-electron chi connectivity index (χ1n) is 6.64. The van der Waals surface area contributed by atoms with E-state index in [0.717, 1.165) is 36.8 Å². The Labute approximate surface area is 112 Å².